The van der Waals surface area contributed by atoms with E-state index in [1.165, 1.54) is 33.7 Å². The second kappa shape index (κ2) is 11.2. The van der Waals surface area contributed by atoms with Gasteiger partial charge in [-0.05, 0) is 72.5 Å². The summed E-state index contributed by atoms with van der Waals surface area (Å²) in [5, 5.41) is 2.16. The van der Waals surface area contributed by atoms with Crippen molar-refractivity contribution in [1.29, 1.82) is 0 Å². The second-order valence-corrected chi connectivity index (χ2v) is 11.1. The normalized spacial score (nSPS) is 19.3. The van der Waals surface area contributed by atoms with Crippen LogP contribution in [0.4, 0.5) is 4.39 Å². The summed E-state index contributed by atoms with van der Waals surface area (Å²) in [6, 6.07) is 16.6. The maximum absolute atomic E-state index is 13.8. The van der Waals surface area contributed by atoms with Crippen molar-refractivity contribution < 1.29 is 14.0 Å². The van der Waals surface area contributed by atoms with E-state index in [1.807, 2.05) is 28.1 Å². The first-order valence-corrected chi connectivity index (χ1v) is 14.0. The molecule has 1 saturated heterocycles. The van der Waals surface area contributed by atoms with E-state index >= 15 is 0 Å². The maximum atomic E-state index is 13.8. The third-order valence-corrected chi connectivity index (χ3v) is 8.77. The average molecular weight is 520 g/mol. The van der Waals surface area contributed by atoms with Crippen LogP contribution in [0, 0.1) is 12.7 Å². The van der Waals surface area contributed by atoms with Crippen molar-refractivity contribution in [2.24, 2.45) is 0 Å². The Balaban J connectivity index is 1.28. The number of amides is 2. The number of hydrogen-bond acceptors (Lipinski definition) is 4. The van der Waals surface area contributed by atoms with Crippen molar-refractivity contribution in [3.05, 3.63) is 92.9 Å². The van der Waals surface area contributed by atoms with Crippen LogP contribution in [-0.4, -0.2) is 65.3 Å². The first kappa shape index (κ1) is 25.6. The number of rotatable bonds is 5. The minimum Gasteiger partial charge on any atom is -0.341 e. The Hall–Kier alpha value is -3.03. The summed E-state index contributed by atoms with van der Waals surface area (Å²) in [4.78, 5) is 34.3. The molecule has 2 atom stereocenters. The number of aryl methyl sites for hydroxylation is 1. The molecule has 0 aliphatic carbocycles. The standard InChI is InChI=1S/C30H34FN3O2S/c1-21-6-3-4-7-25(21)29-26-13-19-37-27(26)12-16-34(29)22(2)30(36)33-15-5-14-32(17-18-33)28(35)20-23-8-10-24(31)11-9-23/h3-4,6-11,13,19,22,29H,5,12,14-18,20H2,1-2H3/t22-,29-/m0/s1. The van der Waals surface area contributed by atoms with E-state index < -0.39 is 0 Å². The summed E-state index contributed by atoms with van der Waals surface area (Å²) in [6.07, 6.45) is 1.96. The molecule has 194 valence electrons. The fourth-order valence-electron chi connectivity index (χ4n) is 5.67. The Morgan fingerprint density at radius 3 is 2.46 bits per heavy atom. The van der Waals surface area contributed by atoms with Gasteiger partial charge in [0.15, 0.2) is 0 Å². The topological polar surface area (TPSA) is 43.9 Å². The highest BCUT2D eigenvalue weighted by molar-refractivity contribution is 7.10. The molecule has 0 N–H and O–H groups in total. The van der Waals surface area contributed by atoms with E-state index in [1.54, 1.807) is 12.1 Å². The smallest absolute Gasteiger partial charge is 0.239 e. The lowest BCUT2D eigenvalue weighted by atomic mass is 9.89. The molecule has 2 aliphatic rings. The van der Waals surface area contributed by atoms with Gasteiger partial charge in [0.1, 0.15) is 5.82 Å². The van der Waals surface area contributed by atoms with Gasteiger partial charge < -0.3 is 9.80 Å². The number of halogens is 1. The number of benzene rings is 2. The fraction of sp³-hybridized carbons (Fsp3) is 0.400. The van der Waals surface area contributed by atoms with E-state index in [9.17, 15) is 14.0 Å². The van der Waals surface area contributed by atoms with Gasteiger partial charge in [-0.25, -0.2) is 4.39 Å². The maximum Gasteiger partial charge on any atom is 0.239 e. The Labute approximate surface area is 222 Å². The molecule has 37 heavy (non-hydrogen) atoms. The zero-order valence-electron chi connectivity index (χ0n) is 21.5. The van der Waals surface area contributed by atoms with Crippen molar-refractivity contribution in [3.63, 3.8) is 0 Å². The number of nitrogens with zero attached hydrogens (tertiary/aromatic N) is 3. The van der Waals surface area contributed by atoms with Crippen LogP contribution >= 0.6 is 11.3 Å². The third kappa shape index (κ3) is 5.48. The predicted octanol–water partition coefficient (Wildman–Crippen LogP) is 4.84. The van der Waals surface area contributed by atoms with Gasteiger partial charge >= 0.3 is 0 Å². The Morgan fingerprint density at radius 1 is 0.946 bits per heavy atom. The largest absolute Gasteiger partial charge is 0.341 e. The van der Waals surface area contributed by atoms with Crippen LogP contribution < -0.4 is 0 Å². The molecule has 3 aromatic rings. The number of carbonyl (C=O) groups excluding carboxylic acids is 2. The van der Waals surface area contributed by atoms with E-state index in [0.717, 1.165) is 24.9 Å². The van der Waals surface area contributed by atoms with Gasteiger partial charge in [-0.15, -0.1) is 11.3 Å². The molecule has 2 aromatic carbocycles. The zero-order valence-corrected chi connectivity index (χ0v) is 22.3. The molecular formula is C30H34FN3O2S. The lowest BCUT2D eigenvalue weighted by Crippen LogP contribution is -2.51. The van der Waals surface area contributed by atoms with Crippen molar-refractivity contribution in [2.45, 2.75) is 45.2 Å². The molecule has 1 fully saturated rings. The summed E-state index contributed by atoms with van der Waals surface area (Å²) in [7, 11) is 0. The summed E-state index contributed by atoms with van der Waals surface area (Å²) < 4.78 is 13.2. The lowest BCUT2D eigenvalue weighted by Gasteiger charge is -2.41. The van der Waals surface area contributed by atoms with Crippen LogP contribution in [-0.2, 0) is 22.4 Å². The molecule has 2 amide bonds. The van der Waals surface area contributed by atoms with Crippen LogP contribution in [0.5, 0.6) is 0 Å². The molecule has 0 radical (unpaired) electrons. The van der Waals surface area contributed by atoms with Gasteiger partial charge in [-0.3, -0.25) is 14.5 Å². The molecule has 7 heteroatoms. The van der Waals surface area contributed by atoms with Gasteiger partial charge in [0.05, 0.1) is 18.5 Å². The quantitative estimate of drug-likeness (QED) is 0.485. The minimum absolute atomic E-state index is 0.0228. The van der Waals surface area contributed by atoms with Crippen LogP contribution in [0.2, 0.25) is 0 Å². The number of thiophene rings is 1. The lowest BCUT2D eigenvalue weighted by molar-refractivity contribution is -0.138. The van der Waals surface area contributed by atoms with Gasteiger partial charge in [-0.2, -0.15) is 0 Å². The van der Waals surface area contributed by atoms with Crippen LogP contribution in [0.3, 0.4) is 0 Å². The van der Waals surface area contributed by atoms with E-state index in [-0.39, 0.29) is 36.1 Å². The monoisotopic (exact) mass is 519 g/mol. The molecule has 1 aromatic heterocycles. The van der Waals surface area contributed by atoms with Gasteiger partial charge in [-0.1, -0.05) is 36.4 Å². The molecule has 5 nitrogen and oxygen atoms in total. The highest BCUT2D eigenvalue weighted by Crippen LogP contribution is 2.40. The average Bonchev–Trinajstić information content (AvgIpc) is 3.25. The van der Waals surface area contributed by atoms with E-state index in [0.29, 0.717) is 26.2 Å². The van der Waals surface area contributed by atoms with Crippen molar-refractivity contribution >= 4 is 23.2 Å². The molecule has 0 spiro atoms. The molecule has 0 bridgehead atoms. The highest BCUT2D eigenvalue weighted by atomic mass is 32.1. The zero-order chi connectivity index (χ0) is 25.9. The van der Waals surface area contributed by atoms with Gasteiger partial charge in [0.2, 0.25) is 11.8 Å². The van der Waals surface area contributed by atoms with Crippen LogP contribution in [0.1, 0.15) is 46.5 Å². The first-order valence-electron chi connectivity index (χ1n) is 13.1. The molecule has 2 aliphatic heterocycles. The van der Waals surface area contributed by atoms with Crippen molar-refractivity contribution in [1.82, 2.24) is 14.7 Å². The number of carbonyl (C=O) groups is 2. The summed E-state index contributed by atoms with van der Waals surface area (Å²) in [5.74, 6) is -0.150. The third-order valence-electron chi connectivity index (χ3n) is 7.77. The van der Waals surface area contributed by atoms with Crippen molar-refractivity contribution in [2.75, 3.05) is 32.7 Å². The van der Waals surface area contributed by atoms with Crippen LogP contribution in [0.15, 0.2) is 60.0 Å². The molecule has 0 unspecified atom stereocenters. The molecule has 3 heterocycles. The number of fused-ring (bicyclic) bond motifs is 1. The number of hydrogen-bond donors (Lipinski definition) is 0. The Morgan fingerprint density at radius 2 is 1.68 bits per heavy atom. The summed E-state index contributed by atoms with van der Waals surface area (Å²) in [5.41, 5.74) is 4.62. The fourth-order valence-corrected chi connectivity index (χ4v) is 6.58. The van der Waals surface area contributed by atoms with E-state index in [4.69, 9.17) is 0 Å². The van der Waals surface area contributed by atoms with Gasteiger partial charge in [0.25, 0.3) is 0 Å². The Kier molecular flexibility index (Phi) is 7.72. The molecular weight excluding hydrogens is 485 g/mol. The predicted molar refractivity (Wildman–Crippen MR) is 145 cm³/mol. The minimum atomic E-state index is -0.303. The van der Waals surface area contributed by atoms with Gasteiger partial charge in [0, 0.05) is 37.6 Å². The summed E-state index contributed by atoms with van der Waals surface area (Å²) >= 11 is 1.81. The van der Waals surface area contributed by atoms with Crippen molar-refractivity contribution in [3.8, 4) is 0 Å². The van der Waals surface area contributed by atoms with Crippen LogP contribution in [0.25, 0.3) is 0 Å². The highest BCUT2D eigenvalue weighted by Gasteiger charge is 2.37. The summed E-state index contributed by atoms with van der Waals surface area (Å²) in [6.45, 7) is 7.36. The molecule has 5 rings (SSSR count). The van der Waals surface area contributed by atoms with E-state index in [2.05, 4.69) is 47.5 Å². The SMILES string of the molecule is Cc1ccccc1[C@H]1c2ccsc2CCN1[C@@H](C)C(=O)N1CCCN(C(=O)Cc2ccc(F)cc2)CC1. The molecule has 0 saturated carbocycles. The second-order valence-electron chi connectivity index (χ2n) is 10.1. The Bertz CT molecular complexity index is 1260. The first-order chi connectivity index (χ1) is 17.9.